The first-order chi connectivity index (χ1) is 4.70. The van der Waals surface area contributed by atoms with Crippen LogP contribution in [0.25, 0.3) is 0 Å². The molecule has 0 fully saturated rings. The van der Waals surface area contributed by atoms with Crippen LogP contribution in [0.1, 0.15) is 40.0 Å². The Balaban J connectivity index is 3.39. The summed E-state index contributed by atoms with van der Waals surface area (Å²) in [5, 5.41) is 3.49. The fourth-order valence-corrected chi connectivity index (χ4v) is 1.12. The minimum Gasteiger partial charge on any atom is -0.312 e. The van der Waals surface area contributed by atoms with Crippen molar-refractivity contribution < 1.29 is 0 Å². The van der Waals surface area contributed by atoms with Gasteiger partial charge in [0, 0.05) is 12.1 Å². The molecule has 1 nitrogen and oxygen atoms in total. The molecule has 0 bridgehead atoms. The predicted molar refractivity (Wildman–Crippen MR) is 46.9 cm³/mol. The fraction of sp³-hybridized carbons (Fsp3) is 0.889. The standard InChI is InChI=1S/C9H20N/c1-5-7-9(6-2)10-8(3)4/h8-10H,1,5-7H2,2-4H3. The Morgan fingerprint density at radius 2 is 2.00 bits per heavy atom. The number of nitrogens with one attached hydrogen (secondary N) is 1. The highest BCUT2D eigenvalue weighted by Crippen LogP contribution is 2.01. The summed E-state index contributed by atoms with van der Waals surface area (Å²) in [6.07, 6.45) is 3.46. The van der Waals surface area contributed by atoms with Crippen molar-refractivity contribution >= 4 is 0 Å². The lowest BCUT2D eigenvalue weighted by Crippen LogP contribution is -2.33. The van der Waals surface area contributed by atoms with Crippen molar-refractivity contribution in [3.8, 4) is 0 Å². The molecule has 61 valence electrons. The average molecular weight is 142 g/mol. The molecule has 0 aliphatic rings. The molecule has 1 unspecified atom stereocenters. The normalized spacial score (nSPS) is 14.1. The van der Waals surface area contributed by atoms with Crippen LogP contribution in [0.15, 0.2) is 0 Å². The summed E-state index contributed by atoms with van der Waals surface area (Å²) in [5.41, 5.74) is 0. The monoisotopic (exact) mass is 142 g/mol. The zero-order valence-corrected chi connectivity index (χ0v) is 7.48. The molecule has 0 spiro atoms. The Kier molecular flexibility index (Phi) is 5.70. The molecule has 10 heavy (non-hydrogen) atoms. The summed E-state index contributed by atoms with van der Waals surface area (Å²) >= 11 is 0. The summed E-state index contributed by atoms with van der Waals surface area (Å²) < 4.78 is 0. The maximum Gasteiger partial charge on any atom is 0.00667 e. The van der Waals surface area contributed by atoms with Crippen LogP contribution >= 0.6 is 0 Å². The van der Waals surface area contributed by atoms with Crippen LogP contribution in [-0.2, 0) is 0 Å². The van der Waals surface area contributed by atoms with Gasteiger partial charge >= 0.3 is 0 Å². The van der Waals surface area contributed by atoms with E-state index in [0.29, 0.717) is 12.1 Å². The third kappa shape index (κ3) is 4.80. The Bertz CT molecular complexity index is 69.1. The summed E-state index contributed by atoms with van der Waals surface area (Å²) in [4.78, 5) is 0. The smallest absolute Gasteiger partial charge is 0.00667 e. The molecular formula is C9H20N. The van der Waals surface area contributed by atoms with Crippen molar-refractivity contribution in [3.63, 3.8) is 0 Å². The van der Waals surface area contributed by atoms with Crippen molar-refractivity contribution in [2.75, 3.05) is 0 Å². The number of hydrogen-bond acceptors (Lipinski definition) is 1. The molecule has 0 aliphatic heterocycles. The van der Waals surface area contributed by atoms with E-state index in [-0.39, 0.29) is 0 Å². The van der Waals surface area contributed by atoms with Gasteiger partial charge < -0.3 is 5.32 Å². The van der Waals surface area contributed by atoms with Gasteiger partial charge in [-0.1, -0.05) is 34.1 Å². The van der Waals surface area contributed by atoms with Crippen LogP contribution in [0, 0.1) is 6.92 Å². The van der Waals surface area contributed by atoms with E-state index in [2.05, 4.69) is 33.0 Å². The Morgan fingerprint density at radius 1 is 1.40 bits per heavy atom. The fourth-order valence-electron chi connectivity index (χ4n) is 1.12. The molecule has 1 radical (unpaired) electrons. The molecule has 0 heterocycles. The van der Waals surface area contributed by atoms with Crippen LogP contribution in [0.3, 0.4) is 0 Å². The molecule has 0 aromatic heterocycles. The van der Waals surface area contributed by atoms with Gasteiger partial charge in [0.25, 0.3) is 0 Å². The second kappa shape index (κ2) is 5.72. The van der Waals surface area contributed by atoms with E-state index in [9.17, 15) is 0 Å². The summed E-state index contributed by atoms with van der Waals surface area (Å²) in [6, 6.07) is 1.29. The lowest BCUT2D eigenvalue weighted by Gasteiger charge is -2.18. The Hall–Kier alpha value is -0.0400. The van der Waals surface area contributed by atoms with Crippen molar-refractivity contribution in [3.05, 3.63) is 6.92 Å². The van der Waals surface area contributed by atoms with Gasteiger partial charge in [0.2, 0.25) is 0 Å². The third-order valence-corrected chi connectivity index (χ3v) is 1.61. The van der Waals surface area contributed by atoms with Crippen LogP contribution in [0.2, 0.25) is 0 Å². The summed E-state index contributed by atoms with van der Waals surface area (Å²) in [5.74, 6) is 0. The zero-order valence-electron chi connectivity index (χ0n) is 7.48. The maximum atomic E-state index is 3.84. The molecule has 0 rings (SSSR count). The van der Waals surface area contributed by atoms with E-state index < -0.39 is 0 Å². The number of hydrogen-bond donors (Lipinski definition) is 1. The molecule has 1 N–H and O–H groups in total. The lowest BCUT2D eigenvalue weighted by molar-refractivity contribution is 0.430. The molecular weight excluding hydrogens is 122 g/mol. The van der Waals surface area contributed by atoms with E-state index >= 15 is 0 Å². The van der Waals surface area contributed by atoms with Gasteiger partial charge in [0.1, 0.15) is 0 Å². The molecule has 1 heteroatoms. The lowest BCUT2D eigenvalue weighted by atomic mass is 10.1. The summed E-state index contributed by atoms with van der Waals surface area (Å²) in [7, 11) is 0. The molecule has 0 saturated heterocycles. The summed E-state index contributed by atoms with van der Waals surface area (Å²) in [6.45, 7) is 10.4. The minimum absolute atomic E-state index is 0.608. The first-order valence-corrected chi connectivity index (χ1v) is 4.26. The first-order valence-electron chi connectivity index (χ1n) is 4.26. The zero-order chi connectivity index (χ0) is 7.98. The van der Waals surface area contributed by atoms with Crippen LogP contribution in [0.4, 0.5) is 0 Å². The van der Waals surface area contributed by atoms with Gasteiger partial charge in [-0.2, -0.15) is 0 Å². The topological polar surface area (TPSA) is 12.0 Å². The van der Waals surface area contributed by atoms with Gasteiger partial charge in [0.05, 0.1) is 0 Å². The molecule has 0 saturated carbocycles. The van der Waals surface area contributed by atoms with Crippen molar-refractivity contribution in [1.29, 1.82) is 0 Å². The van der Waals surface area contributed by atoms with Gasteiger partial charge in [-0.25, -0.2) is 0 Å². The molecule has 0 amide bonds. The van der Waals surface area contributed by atoms with Crippen molar-refractivity contribution in [2.24, 2.45) is 0 Å². The average Bonchev–Trinajstić information content (AvgIpc) is 1.86. The van der Waals surface area contributed by atoms with E-state index in [4.69, 9.17) is 0 Å². The molecule has 0 aromatic carbocycles. The van der Waals surface area contributed by atoms with E-state index in [1.54, 1.807) is 0 Å². The predicted octanol–water partition coefficient (Wildman–Crippen LogP) is 2.38. The van der Waals surface area contributed by atoms with Crippen LogP contribution < -0.4 is 5.32 Å². The van der Waals surface area contributed by atoms with Crippen molar-refractivity contribution in [1.82, 2.24) is 5.32 Å². The van der Waals surface area contributed by atoms with Gasteiger partial charge in [0.15, 0.2) is 0 Å². The number of rotatable bonds is 5. The maximum absolute atomic E-state index is 3.84. The SMILES string of the molecule is [CH2]CCC(CC)NC(C)C. The Labute approximate surface area is 65.2 Å². The highest BCUT2D eigenvalue weighted by Gasteiger charge is 2.04. The Morgan fingerprint density at radius 3 is 2.30 bits per heavy atom. The highest BCUT2D eigenvalue weighted by molar-refractivity contribution is 4.67. The largest absolute Gasteiger partial charge is 0.312 e. The molecule has 0 aromatic rings. The first kappa shape index (κ1) is 9.96. The van der Waals surface area contributed by atoms with E-state index in [0.717, 1.165) is 6.42 Å². The van der Waals surface area contributed by atoms with Crippen LogP contribution in [-0.4, -0.2) is 12.1 Å². The molecule has 0 aliphatic carbocycles. The van der Waals surface area contributed by atoms with E-state index in [1.165, 1.54) is 12.8 Å². The van der Waals surface area contributed by atoms with Gasteiger partial charge in [-0.05, 0) is 12.8 Å². The quantitative estimate of drug-likeness (QED) is 0.621. The minimum atomic E-state index is 0.608. The molecule has 1 atom stereocenters. The second-order valence-corrected chi connectivity index (χ2v) is 3.07. The van der Waals surface area contributed by atoms with Gasteiger partial charge in [-0.15, -0.1) is 0 Å². The van der Waals surface area contributed by atoms with Crippen molar-refractivity contribution in [2.45, 2.75) is 52.1 Å². The second-order valence-electron chi connectivity index (χ2n) is 3.07. The van der Waals surface area contributed by atoms with Gasteiger partial charge in [-0.3, -0.25) is 0 Å². The third-order valence-electron chi connectivity index (χ3n) is 1.61. The van der Waals surface area contributed by atoms with Crippen LogP contribution in [0.5, 0.6) is 0 Å². The highest BCUT2D eigenvalue weighted by atomic mass is 14.9. The van der Waals surface area contributed by atoms with E-state index in [1.807, 2.05) is 0 Å².